The van der Waals surface area contributed by atoms with Crippen LogP contribution in [0.5, 0.6) is 5.75 Å². The van der Waals surface area contributed by atoms with Crippen LogP contribution in [0.15, 0.2) is 66.2 Å². The largest absolute Gasteiger partial charge is 0.507 e. The molecule has 0 aliphatic carbocycles. The lowest BCUT2D eigenvalue weighted by Crippen LogP contribution is -2.29. The van der Waals surface area contributed by atoms with Crippen molar-refractivity contribution in [2.24, 2.45) is 0 Å². The van der Waals surface area contributed by atoms with Gasteiger partial charge < -0.3 is 9.84 Å². The van der Waals surface area contributed by atoms with Gasteiger partial charge in [-0.15, -0.1) is 0 Å². The number of ether oxygens (including phenoxy) is 1. The summed E-state index contributed by atoms with van der Waals surface area (Å²) in [5.41, 5.74) is 4.17. The molecule has 1 amide bonds. The van der Waals surface area contributed by atoms with Crippen molar-refractivity contribution in [2.75, 3.05) is 12.0 Å². The number of ketones is 1. The first-order valence-electron chi connectivity index (χ1n) is 13.0. The number of carbonyl (C=O) groups excluding carboxylic acids is 2. The molecular formula is C33H36ClNO4. The zero-order valence-electron chi connectivity index (χ0n) is 23.8. The van der Waals surface area contributed by atoms with Crippen LogP contribution in [-0.4, -0.2) is 23.9 Å². The third kappa shape index (κ3) is 5.33. The first-order chi connectivity index (χ1) is 18.1. The lowest BCUT2D eigenvalue weighted by Gasteiger charge is -2.27. The Kier molecular flexibility index (Phi) is 7.44. The molecule has 1 saturated heterocycles. The quantitative estimate of drug-likeness (QED) is 0.206. The van der Waals surface area contributed by atoms with Crippen molar-refractivity contribution in [3.63, 3.8) is 0 Å². The van der Waals surface area contributed by atoms with Gasteiger partial charge in [0, 0.05) is 21.8 Å². The third-order valence-corrected chi connectivity index (χ3v) is 7.66. The summed E-state index contributed by atoms with van der Waals surface area (Å²) in [5, 5.41) is 12.1. The van der Waals surface area contributed by atoms with Crippen LogP contribution in [0.3, 0.4) is 0 Å². The number of anilines is 1. The summed E-state index contributed by atoms with van der Waals surface area (Å²) >= 11 is 6.43. The van der Waals surface area contributed by atoms with E-state index >= 15 is 0 Å². The van der Waals surface area contributed by atoms with Crippen molar-refractivity contribution in [1.29, 1.82) is 0 Å². The van der Waals surface area contributed by atoms with Gasteiger partial charge in [0.15, 0.2) is 0 Å². The van der Waals surface area contributed by atoms with Crippen LogP contribution >= 0.6 is 11.6 Å². The lowest BCUT2D eigenvalue weighted by molar-refractivity contribution is -0.132. The van der Waals surface area contributed by atoms with Crippen LogP contribution in [-0.2, 0) is 20.4 Å². The van der Waals surface area contributed by atoms with E-state index in [-0.39, 0.29) is 22.2 Å². The predicted octanol–water partition coefficient (Wildman–Crippen LogP) is 7.88. The Labute approximate surface area is 236 Å². The van der Waals surface area contributed by atoms with E-state index in [1.807, 2.05) is 64.1 Å². The van der Waals surface area contributed by atoms with Crippen LogP contribution in [0.1, 0.15) is 75.4 Å². The summed E-state index contributed by atoms with van der Waals surface area (Å²) in [5.74, 6) is -1.01. The van der Waals surface area contributed by atoms with E-state index in [1.165, 1.54) is 4.90 Å². The highest BCUT2D eigenvalue weighted by atomic mass is 35.5. The molecule has 0 saturated carbocycles. The summed E-state index contributed by atoms with van der Waals surface area (Å²) in [7, 11) is 1.60. The number of halogens is 1. The minimum Gasteiger partial charge on any atom is -0.507 e. The highest BCUT2D eigenvalue weighted by molar-refractivity contribution is 6.51. The number of aliphatic hydroxyl groups excluding tert-OH is 1. The summed E-state index contributed by atoms with van der Waals surface area (Å²) in [4.78, 5) is 28.6. The highest BCUT2D eigenvalue weighted by Gasteiger charge is 2.47. The van der Waals surface area contributed by atoms with Gasteiger partial charge in [0.1, 0.15) is 11.5 Å². The number of nitrogens with zero attached hydrogens (tertiary/aromatic N) is 1. The fourth-order valence-electron chi connectivity index (χ4n) is 4.91. The van der Waals surface area contributed by atoms with E-state index < -0.39 is 17.7 Å². The van der Waals surface area contributed by atoms with Gasteiger partial charge in [0.25, 0.3) is 11.7 Å². The minimum atomic E-state index is -0.835. The number of aliphatic hydroxyl groups is 1. The van der Waals surface area contributed by atoms with Gasteiger partial charge in [0.05, 0.1) is 18.7 Å². The van der Waals surface area contributed by atoms with Crippen LogP contribution in [0, 0.1) is 6.92 Å². The molecule has 1 N–H and O–H groups in total. The maximum Gasteiger partial charge on any atom is 0.300 e. The van der Waals surface area contributed by atoms with E-state index in [4.69, 9.17) is 16.3 Å². The summed E-state index contributed by atoms with van der Waals surface area (Å²) in [6, 6.07) is 17.6. The van der Waals surface area contributed by atoms with Crippen molar-refractivity contribution in [1.82, 2.24) is 0 Å². The molecule has 39 heavy (non-hydrogen) atoms. The number of amides is 1. The second-order valence-electron chi connectivity index (χ2n) is 12.1. The standard InChI is InChI=1S/C33H36ClNO4/c1-19-9-15-23(18-25(19)34)35-28(20-10-13-22(14-11-20)32(2,3)4)27(30(37)31(35)38)29(36)21-12-16-26(39-8)24(17-21)33(5,6)7/h9-18,28,36H,1-8H3/b29-27-. The van der Waals surface area contributed by atoms with Gasteiger partial charge in [-0.25, -0.2) is 0 Å². The van der Waals surface area contributed by atoms with Gasteiger partial charge in [0.2, 0.25) is 0 Å². The Morgan fingerprint density at radius 3 is 2.08 bits per heavy atom. The minimum absolute atomic E-state index is 0.0326. The van der Waals surface area contributed by atoms with Crippen LogP contribution in [0.25, 0.3) is 5.76 Å². The van der Waals surface area contributed by atoms with E-state index in [1.54, 1.807) is 31.4 Å². The van der Waals surface area contributed by atoms with Crippen molar-refractivity contribution in [3.8, 4) is 5.75 Å². The number of hydrogen-bond acceptors (Lipinski definition) is 4. The van der Waals surface area contributed by atoms with Gasteiger partial charge in [-0.3, -0.25) is 14.5 Å². The van der Waals surface area contributed by atoms with Crippen LogP contribution in [0.2, 0.25) is 5.02 Å². The number of hydrogen-bond donors (Lipinski definition) is 1. The molecule has 204 valence electrons. The topological polar surface area (TPSA) is 66.8 Å². The van der Waals surface area contributed by atoms with Gasteiger partial charge >= 0.3 is 0 Å². The predicted molar refractivity (Wildman–Crippen MR) is 158 cm³/mol. The molecule has 0 bridgehead atoms. The average molecular weight is 546 g/mol. The van der Waals surface area contributed by atoms with Gasteiger partial charge in [-0.05, 0) is 64.8 Å². The number of rotatable bonds is 4. The highest BCUT2D eigenvalue weighted by Crippen LogP contribution is 2.44. The Morgan fingerprint density at radius 1 is 0.897 bits per heavy atom. The fourth-order valence-corrected chi connectivity index (χ4v) is 5.08. The first kappa shape index (κ1) is 28.4. The van der Waals surface area contributed by atoms with Crippen molar-refractivity contribution >= 4 is 34.7 Å². The average Bonchev–Trinajstić information content (AvgIpc) is 3.14. The zero-order chi connectivity index (χ0) is 28.9. The van der Waals surface area contributed by atoms with Crippen molar-refractivity contribution in [2.45, 2.75) is 65.3 Å². The van der Waals surface area contributed by atoms with E-state index in [2.05, 4.69) is 20.8 Å². The zero-order valence-corrected chi connectivity index (χ0v) is 24.6. The molecule has 0 radical (unpaired) electrons. The van der Waals surface area contributed by atoms with Gasteiger partial charge in [-0.1, -0.05) is 83.5 Å². The normalized spacial score (nSPS) is 17.6. The number of methoxy groups -OCH3 is 1. The summed E-state index contributed by atoms with van der Waals surface area (Å²) in [6.45, 7) is 14.4. The molecule has 1 aliphatic rings. The summed E-state index contributed by atoms with van der Waals surface area (Å²) in [6.07, 6.45) is 0. The second-order valence-corrected chi connectivity index (χ2v) is 12.5. The van der Waals surface area contributed by atoms with Crippen LogP contribution in [0.4, 0.5) is 5.69 Å². The molecule has 3 aromatic carbocycles. The van der Waals surface area contributed by atoms with Crippen molar-refractivity contribution in [3.05, 3.63) is 99.1 Å². The number of Topliss-reactive ketones (excluding diaryl/α,β-unsaturated/α-hetero) is 1. The SMILES string of the molecule is COc1ccc(/C(O)=C2/C(=O)C(=O)N(c3ccc(C)c(Cl)c3)C2c2ccc(C(C)(C)C)cc2)cc1C(C)(C)C. The van der Waals surface area contributed by atoms with Crippen molar-refractivity contribution < 1.29 is 19.4 Å². The Hall–Kier alpha value is -3.57. The molecule has 1 aliphatic heterocycles. The molecule has 0 spiro atoms. The Balaban J connectivity index is 1.97. The fraction of sp³-hybridized carbons (Fsp3) is 0.333. The molecule has 1 atom stereocenters. The maximum atomic E-state index is 13.6. The molecule has 3 aromatic rings. The molecule has 5 nitrogen and oxygen atoms in total. The molecule has 1 heterocycles. The Morgan fingerprint density at radius 2 is 1.54 bits per heavy atom. The lowest BCUT2D eigenvalue weighted by atomic mass is 9.84. The molecule has 6 heteroatoms. The second kappa shape index (κ2) is 10.2. The molecule has 1 fully saturated rings. The van der Waals surface area contributed by atoms with E-state index in [0.717, 1.165) is 16.7 Å². The third-order valence-electron chi connectivity index (χ3n) is 7.25. The van der Waals surface area contributed by atoms with E-state index in [0.29, 0.717) is 27.6 Å². The Bertz CT molecular complexity index is 1470. The summed E-state index contributed by atoms with van der Waals surface area (Å²) < 4.78 is 5.56. The molecule has 0 aromatic heterocycles. The van der Waals surface area contributed by atoms with Gasteiger partial charge in [-0.2, -0.15) is 0 Å². The maximum absolute atomic E-state index is 13.6. The number of aryl methyl sites for hydroxylation is 1. The molecular weight excluding hydrogens is 510 g/mol. The molecule has 1 unspecified atom stereocenters. The number of benzene rings is 3. The smallest absolute Gasteiger partial charge is 0.300 e. The molecule has 4 rings (SSSR count). The monoisotopic (exact) mass is 545 g/mol. The van der Waals surface area contributed by atoms with E-state index in [9.17, 15) is 14.7 Å². The number of carbonyl (C=O) groups is 2. The van der Waals surface area contributed by atoms with Crippen LogP contribution < -0.4 is 9.64 Å². The first-order valence-corrected chi connectivity index (χ1v) is 13.4.